The number of fused-ring (bicyclic) bond motifs is 1. The number of aromatic nitrogens is 7. The molecule has 1 aromatic carbocycles. The van der Waals surface area contributed by atoms with Crippen molar-refractivity contribution < 1.29 is 33.8 Å². The molecule has 1 aliphatic rings. The second-order valence-corrected chi connectivity index (χ2v) is 14.4. The fourth-order valence-electron chi connectivity index (χ4n) is 5.73. The van der Waals surface area contributed by atoms with Gasteiger partial charge in [0, 0.05) is 57.3 Å². The monoisotopic (exact) mass is 756 g/mol. The van der Waals surface area contributed by atoms with Crippen LogP contribution in [-0.4, -0.2) is 83.9 Å². The van der Waals surface area contributed by atoms with Gasteiger partial charge in [-0.3, -0.25) is 19.1 Å². The molecule has 1 aliphatic heterocycles. The first-order valence-electron chi connectivity index (χ1n) is 15.3. The lowest BCUT2D eigenvalue weighted by molar-refractivity contribution is -0.116. The van der Waals surface area contributed by atoms with E-state index in [0.717, 1.165) is 4.52 Å². The number of benzene rings is 1. The van der Waals surface area contributed by atoms with Crippen LogP contribution in [0.3, 0.4) is 0 Å². The first-order valence-corrected chi connectivity index (χ1v) is 17.6. The summed E-state index contributed by atoms with van der Waals surface area (Å²) in [7, 11) is -6.91. The SMILES string of the molecule is CCc1c(N2CCN(C(=O)c3cnn(C)c3)CC2)c(=O)n2nc(-c3ccnc(OC)c3)nc2n1CC(=O)Nc1ccc(S(F)(F)(F)(F)F)cc1Cl. The van der Waals surface area contributed by atoms with E-state index in [-0.39, 0.29) is 79.5 Å². The Morgan fingerprint density at radius 1 is 1.06 bits per heavy atom. The summed E-state index contributed by atoms with van der Waals surface area (Å²) in [6, 6.07) is 3.98. The van der Waals surface area contributed by atoms with Gasteiger partial charge in [-0.15, -0.1) is 5.10 Å². The number of piperazine rings is 1. The molecular weight excluding hydrogens is 727 g/mol. The summed E-state index contributed by atoms with van der Waals surface area (Å²) in [6.07, 6.45) is 4.75. The van der Waals surface area contributed by atoms with Crippen LogP contribution < -0.4 is 20.5 Å². The van der Waals surface area contributed by atoms with Crippen molar-refractivity contribution in [3.8, 4) is 17.3 Å². The molecule has 272 valence electrons. The van der Waals surface area contributed by atoms with E-state index in [1.807, 2.05) is 0 Å². The number of aryl methyl sites for hydroxylation is 1. The third-order valence-corrected chi connectivity index (χ3v) is 9.62. The molecule has 4 aromatic heterocycles. The van der Waals surface area contributed by atoms with E-state index in [4.69, 9.17) is 16.3 Å². The maximum absolute atomic E-state index is 14.2. The summed E-state index contributed by atoms with van der Waals surface area (Å²) < 4.78 is 75.9. The van der Waals surface area contributed by atoms with Crippen LogP contribution in [0.1, 0.15) is 23.0 Å². The van der Waals surface area contributed by atoms with Crippen LogP contribution in [0.15, 0.2) is 58.6 Å². The van der Waals surface area contributed by atoms with Crippen molar-refractivity contribution in [1.29, 1.82) is 0 Å². The minimum absolute atomic E-state index is 0.0331. The average molecular weight is 757 g/mol. The van der Waals surface area contributed by atoms with Crippen LogP contribution in [0.2, 0.25) is 5.02 Å². The second kappa shape index (κ2) is 12.2. The summed E-state index contributed by atoms with van der Waals surface area (Å²) in [4.78, 5) is 50.5. The van der Waals surface area contributed by atoms with Gasteiger partial charge in [0.25, 0.3) is 11.5 Å². The van der Waals surface area contributed by atoms with E-state index in [1.165, 1.54) is 28.8 Å². The van der Waals surface area contributed by atoms with Crippen molar-refractivity contribution in [2.24, 2.45) is 7.05 Å². The quantitative estimate of drug-likeness (QED) is 0.202. The van der Waals surface area contributed by atoms with Crippen molar-refractivity contribution in [3.05, 3.63) is 75.6 Å². The van der Waals surface area contributed by atoms with Crippen LogP contribution in [0.4, 0.5) is 30.8 Å². The smallest absolute Gasteiger partial charge is 0.310 e. The Bertz CT molecular complexity index is 2250. The minimum Gasteiger partial charge on any atom is -0.481 e. The van der Waals surface area contributed by atoms with Crippen LogP contribution in [0.25, 0.3) is 17.2 Å². The number of pyridine rings is 1. The van der Waals surface area contributed by atoms with Crippen molar-refractivity contribution in [1.82, 2.24) is 38.8 Å². The second-order valence-electron chi connectivity index (χ2n) is 11.6. The highest BCUT2D eigenvalue weighted by molar-refractivity contribution is 8.45. The number of ether oxygens (including phenoxy) is 1. The van der Waals surface area contributed by atoms with Crippen LogP contribution in [0.5, 0.6) is 5.88 Å². The van der Waals surface area contributed by atoms with E-state index in [9.17, 15) is 33.8 Å². The molecule has 5 heterocycles. The fourth-order valence-corrected chi connectivity index (χ4v) is 6.69. The Kier molecular flexibility index (Phi) is 8.52. The highest BCUT2D eigenvalue weighted by Crippen LogP contribution is 3.02. The lowest BCUT2D eigenvalue weighted by atomic mass is 10.2. The number of methoxy groups -OCH3 is 1. The molecule has 0 saturated carbocycles. The molecule has 6 rings (SSSR count). The Morgan fingerprint density at radius 2 is 1.78 bits per heavy atom. The summed E-state index contributed by atoms with van der Waals surface area (Å²) in [5.41, 5.74) is 0.555. The lowest BCUT2D eigenvalue weighted by Gasteiger charge is -2.40. The van der Waals surface area contributed by atoms with E-state index in [1.54, 1.807) is 42.1 Å². The van der Waals surface area contributed by atoms with Crippen LogP contribution in [-0.2, 0) is 24.8 Å². The molecule has 2 amide bonds. The van der Waals surface area contributed by atoms with Crippen molar-refractivity contribution >= 4 is 50.8 Å². The number of halogens is 6. The van der Waals surface area contributed by atoms with Gasteiger partial charge in [0.05, 0.1) is 35.3 Å². The van der Waals surface area contributed by atoms with Gasteiger partial charge in [0.15, 0.2) is 5.82 Å². The first-order chi connectivity index (χ1) is 23.9. The van der Waals surface area contributed by atoms with Crippen molar-refractivity contribution in [2.45, 2.75) is 24.8 Å². The molecule has 0 atom stereocenters. The number of amides is 2. The van der Waals surface area contributed by atoms with E-state index in [0.29, 0.717) is 22.9 Å². The van der Waals surface area contributed by atoms with Crippen LogP contribution in [0, 0.1) is 0 Å². The predicted molar refractivity (Wildman–Crippen MR) is 179 cm³/mol. The van der Waals surface area contributed by atoms with Gasteiger partial charge in [0.1, 0.15) is 17.1 Å². The lowest BCUT2D eigenvalue weighted by Crippen LogP contribution is -2.50. The number of nitrogens with zero attached hydrogens (tertiary/aromatic N) is 9. The molecule has 0 bridgehead atoms. The van der Waals surface area contributed by atoms with Gasteiger partial charge in [-0.25, -0.2) is 4.98 Å². The highest BCUT2D eigenvalue weighted by Gasteiger charge is 2.65. The standard InChI is InChI=1S/C30H30ClF5N10O4S/c1-4-23-26(43-9-11-44(12-10-43)28(48)19-15-38-42(2)16-19)29(49)46-30(40-27(41-46)18-7-8-37-25(13-18)50-3)45(23)17-24(47)39-22-6-5-20(14-21(22)31)51(32,33,34,35)36/h5-8,13-16H,4,9-12,17H2,1-3H3,(H,39,47). The molecule has 1 fully saturated rings. The number of carbonyl (C=O) groups excluding carboxylic acids is 2. The zero-order chi connectivity index (χ0) is 36.9. The molecule has 0 aliphatic carbocycles. The molecule has 0 spiro atoms. The predicted octanol–water partition coefficient (Wildman–Crippen LogP) is 5.17. The Hall–Kier alpha value is -5.24. The minimum atomic E-state index is -10.0. The molecule has 1 saturated heterocycles. The third kappa shape index (κ3) is 7.18. The molecule has 0 unspecified atom stereocenters. The largest absolute Gasteiger partial charge is 0.481 e. The summed E-state index contributed by atoms with van der Waals surface area (Å²) in [5.74, 6) is -0.714. The van der Waals surface area contributed by atoms with Crippen LogP contribution >= 0.6 is 21.8 Å². The molecule has 51 heavy (non-hydrogen) atoms. The van der Waals surface area contributed by atoms with E-state index < -0.39 is 38.2 Å². The Balaban J connectivity index is 1.38. The van der Waals surface area contributed by atoms with Gasteiger partial charge < -0.3 is 24.4 Å². The number of hydrogen-bond donors (Lipinski definition) is 1. The normalized spacial score (nSPS) is 15.1. The summed E-state index contributed by atoms with van der Waals surface area (Å²) in [5, 5.41) is 10.1. The van der Waals surface area contributed by atoms with Gasteiger partial charge in [-0.2, -0.15) is 14.6 Å². The summed E-state index contributed by atoms with van der Waals surface area (Å²) in [6.45, 7) is 2.26. The molecule has 5 aromatic rings. The topological polar surface area (TPSA) is 145 Å². The van der Waals surface area contributed by atoms with Crippen molar-refractivity contribution in [3.63, 3.8) is 0 Å². The Morgan fingerprint density at radius 3 is 2.39 bits per heavy atom. The molecule has 14 nitrogen and oxygen atoms in total. The van der Waals surface area contributed by atoms with Gasteiger partial charge in [0.2, 0.25) is 17.6 Å². The number of hydrogen-bond acceptors (Lipinski definition) is 9. The zero-order valence-corrected chi connectivity index (χ0v) is 28.8. The maximum atomic E-state index is 14.2. The van der Waals surface area contributed by atoms with E-state index in [2.05, 4.69) is 25.5 Å². The van der Waals surface area contributed by atoms with Gasteiger partial charge in [-0.1, -0.05) is 38.0 Å². The summed E-state index contributed by atoms with van der Waals surface area (Å²) >= 11 is 5.92. The van der Waals surface area contributed by atoms with Gasteiger partial charge in [-0.05, 0) is 30.7 Å². The average Bonchev–Trinajstić information content (AvgIpc) is 3.73. The molecule has 1 N–H and O–H groups in total. The maximum Gasteiger partial charge on any atom is 0.310 e. The number of nitrogens with one attached hydrogen (secondary N) is 1. The van der Waals surface area contributed by atoms with E-state index >= 15 is 0 Å². The number of anilines is 2. The number of carbonyl (C=O) groups is 2. The van der Waals surface area contributed by atoms with Crippen molar-refractivity contribution in [2.75, 3.05) is 43.5 Å². The molecular formula is C30H30ClF5N10O4S. The number of rotatable bonds is 9. The zero-order valence-electron chi connectivity index (χ0n) is 27.2. The first kappa shape index (κ1) is 35.6. The molecule has 21 heteroatoms. The highest BCUT2D eigenvalue weighted by atomic mass is 35.5. The Labute approximate surface area is 291 Å². The fraction of sp³-hybridized carbons (Fsp3) is 0.300. The molecule has 0 radical (unpaired) electrons. The van der Waals surface area contributed by atoms with Gasteiger partial charge >= 0.3 is 10.2 Å². The third-order valence-electron chi connectivity index (χ3n) is 8.16.